The summed E-state index contributed by atoms with van der Waals surface area (Å²) in [5, 5.41) is 0. The Morgan fingerprint density at radius 1 is 1.05 bits per heavy atom. The first-order chi connectivity index (χ1) is 9.45. The highest BCUT2D eigenvalue weighted by molar-refractivity contribution is 9.09. The molecule has 1 unspecified atom stereocenters. The normalized spacial score (nSPS) is 12.3. The zero-order valence-electron chi connectivity index (χ0n) is 11.5. The van der Waals surface area contributed by atoms with Crippen LogP contribution >= 0.6 is 15.9 Å². The second kappa shape index (κ2) is 5.92. The highest BCUT2D eigenvalue weighted by Gasteiger charge is 2.20. The van der Waals surface area contributed by atoms with Crippen LogP contribution in [0.1, 0.15) is 27.1 Å². The molecule has 0 radical (unpaired) electrons. The third kappa shape index (κ3) is 2.70. The molecular formula is C16H15BrF2O. The molecule has 0 bridgehead atoms. The van der Waals surface area contributed by atoms with Crippen molar-refractivity contribution < 1.29 is 13.5 Å². The predicted molar refractivity (Wildman–Crippen MR) is 79.6 cm³/mol. The molecular weight excluding hydrogens is 326 g/mol. The van der Waals surface area contributed by atoms with Gasteiger partial charge < -0.3 is 4.74 Å². The van der Waals surface area contributed by atoms with Crippen molar-refractivity contribution in [1.29, 1.82) is 0 Å². The van der Waals surface area contributed by atoms with Gasteiger partial charge in [0.2, 0.25) is 0 Å². The van der Waals surface area contributed by atoms with Crippen LogP contribution in [0.15, 0.2) is 30.3 Å². The Balaban J connectivity index is 2.52. The number of hydrogen-bond acceptors (Lipinski definition) is 1. The summed E-state index contributed by atoms with van der Waals surface area (Å²) in [6.07, 6.45) is 0. The van der Waals surface area contributed by atoms with Crippen LogP contribution in [0.2, 0.25) is 0 Å². The highest BCUT2D eigenvalue weighted by Crippen LogP contribution is 2.37. The topological polar surface area (TPSA) is 9.23 Å². The number of hydrogen-bond donors (Lipinski definition) is 0. The number of halogens is 3. The van der Waals surface area contributed by atoms with Gasteiger partial charge in [-0.25, -0.2) is 8.78 Å². The quantitative estimate of drug-likeness (QED) is 0.708. The van der Waals surface area contributed by atoms with E-state index in [0.717, 1.165) is 22.4 Å². The van der Waals surface area contributed by atoms with Gasteiger partial charge in [0.15, 0.2) is 0 Å². The maximum atomic E-state index is 13.8. The van der Waals surface area contributed by atoms with Gasteiger partial charge in [0.1, 0.15) is 17.4 Å². The van der Waals surface area contributed by atoms with Crippen molar-refractivity contribution in [3.8, 4) is 5.75 Å². The first-order valence-electron chi connectivity index (χ1n) is 6.18. The van der Waals surface area contributed by atoms with E-state index in [2.05, 4.69) is 15.9 Å². The Hall–Kier alpha value is -1.42. The Bertz CT molecular complexity index is 597. The fourth-order valence-corrected chi connectivity index (χ4v) is 3.07. The van der Waals surface area contributed by atoms with Crippen LogP contribution in [-0.2, 0) is 0 Å². The summed E-state index contributed by atoms with van der Waals surface area (Å²) in [6.45, 7) is 3.82. The average Bonchev–Trinajstić information content (AvgIpc) is 2.37. The van der Waals surface area contributed by atoms with Gasteiger partial charge in [-0.1, -0.05) is 34.1 Å². The summed E-state index contributed by atoms with van der Waals surface area (Å²) in [6, 6.07) is 7.62. The zero-order chi connectivity index (χ0) is 14.9. The standard InChI is InChI=1S/C16H15BrF2O/c1-9-7-11(8-10(2)16(9)20-3)15(17)14-12(18)5-4-6-13(14)19/h4-8,15H,1-3H3. The van der Waals surface area contributed by atoms with Crippen LogP contribution in [-0.4, -0.2) is 7.11 Å². The van der Waals surface area contributed by atoms with Crippen LogP contribution in [0.3, 0.4) is 0 Å². The van der Waals surface area contributed by atoms with Gasteiger partial charge in [0, 0.05) is 5.56 Å². The molecule has 2 aromatic carbocycles. The molecule has 0 aliphatic carbocycles. The first kappa shape index (κ1) is 15.0. The van der Waals surface area contributed by atoms with Gasteiger partial charge in [0.05, 0.1) is 11.9 Å². The van der Waals surface area contributed by atoms with Crippen molar-refractivity contribution in [3.63, 3.8) is 0 Å². The van der Waals surface area contributed by atoms with Gasteiger partial charge in [0.25, 0.3) is 0 Å². The molecule has 0 aliphatic heterocycles. The molecule has 1 nitrogen and oxygen atoms in total. The van der Waals surface area contributed by atoms with Crippen LogP contribution in [0.5, 0.6) is 5.75 Å². The lowest BCUT2D eigenvalue weighted by atomic mass is 9.99. The molecule has 0 amide bonds. The minimum absolute atomic E-state index is 0.0245. The lowest BCUT2D eigenvalue weighted by molar-refractivity contribution is 0.408. The highest BCUT2D eigenvalue weighted by atomic mass is 79.9. The molecule has 0 saturated carbocycles. The Kier molecular flexibility index (Phi) is 4.43. The van der Waals surface area contributed by atoms with E-state index >= 15 is 0 Å². The molecule has 0 N–H and O–H groups in total. The number of methoxy groups -OCH3 is 1. The van der Waals surface area contributed by atoms with Gasteiger partial charge in [-0.15, -0.1) is 0 Å². The molecule has 106 valence electrons. The van der Waals surface area contributed by atoms with Crippen molar-refractivity contribution in [1.82, 2.24) is 0 Å². The number of ether oxygens (including phenoxy) is 1. The lowest BCUT2D eigenvalue weighted by Crippen LogP contribution is -2.02. The van der Waals surface area contributed by atoms with Crippen molar-refractivity contribution in [2.24, 2.45) is 0 Å². The molecule has 4 heteroatoms. The Labute approximate surface area is 125 Å². The predicted octanol–water partition coefficient (Wildman–Crippen LogP) is 5.07. The summed E-state index contributed by atoms with van der Waals surface area (Å²) in [5.41, 5.74) is 2.69. The smallest absolute Gasteiger partial charge is 0.130 e. The second-order valence-electron chi connectivity index (χ2n) is 4.69. The first-order valence-corrected chi connectivity index (χ1v) is 7.10. The summed E-state index contributed by atoms with van der Waals surface area (Å²) >= 11 is 3.39. The van der Waals surface area contributed by atoms with E-state index in [0.29, 0.717) is 0 Å². The summed E-state index contributed by atoms with van der Waals surface area (Å²) < 4.78 is 33.0. The van der Waals surface area contributed by atoms with Crippen LogP contribution in [0.4, 0.5) is 8.78 Å². The van der Waals surface area contributed by atoms with Crippen molar-refractivity contribution in [2.45, 2.75) is 18.7 Å². The maximum Gasteiger partial charge on any atom is 0.130 e. The largest absolute Gasteiger partial charge is 0.496 e. The van der Waals surface area contributed by atoms with E-state index in [1.165, 1.54) is 18.2 Å². The molecule has 20 heavy (non-hydrogen) atoms. The number of alkyl halides is 1. The lowest BCUT2D eigenvalue weighted by Gasteiger charge is -2.16. The van der Waals surface area contributed by atoms with Crippen molar-refractivity contribution >= 4 is 15.9 Å². The Morgan fingerprint density at radius 3 is 2.00 bits per heavy atom. The third-order valence-electron chi connectivity index (χ3n) is 3.23. The summed E-state index contributed by atoms with van der Waals surface area (Å²) in [5.74, 6) is -0.321. The molecule has 1 atom stereocenters. The molecule has 2 rings (SSSR count). The van der Waals surface area contributed by atoms with Gasteiger partial charge in [-0.05, 0) is 42.7 Å². The van der Waals surface area contributed by atoms with E-state index in [4.69, 9.17) is 4.74 Å². The Morgan fingerprint density at radius 2 is 1.55 bits per heavy atom. The van der Waals surface area contributed by atoms with Gasteiger partial charge in [-0.2, -0.15) is 0 Å². The SMILES string of the molecule is COc1c(C)cc(C(Br)c2c(F)cccc2F)cc1C. The van der Waals surface area contributed by atoms with E-state index < -0.39 is 16.5 Å². The number of rotatable bonds is 3. The number of aryl methyl sites for hydroxylation is 2. The number of benzene rings is 2. The van der Waals surface area contributed by atoms with Crippen molar-refractivity contribution in [2.75, 3.05) is 7.11 Å². The molecule has 2 aromatic rings. The minimum atomic E-state index is -0.557. The molecule has 0 aromatic heterocycles. The fourth-order valence-electron chi connectivity index (χ4n) is 2.37. The molecule has 0 fully saturated rings. The van der Waals surface area contributed by atoms with Gasteiger partial charge >= 0.3 is 0 Å². The van der Waals surface area contributed by atoms with E-state index in [1.54, 1.807) is 7.11 Å². The fraction of sp³-hybridized carbons (Fsp3) is 0.250. The van der Waals surface area contributed by atoms with Crippen LogP contribution < -0.4 is 4.74 Å². The van der Waals surface area contributed by atoms with Crippen LogP contribution in [0.25, 0.3) is 0 Å². The molecule has 0 spiro atoms. The summed E-state index contributed by atoms with van der Waals surface area (Å²) in [4.78, 5) is -0.535. The van der Waals surface area contributed by atoms with Crippen LogP contribution in [0, 0.1) is 25.5 Å². The van der Waals surface area contributed by atoms with E-state index in [-0.39, 0.29) is 5.56 Å². The van der Waals surface area contributed by atoms with Crippen molar-refractivity contribution in [3.05, 3.63) is 64.2 Å². The minimum Gasteiger partial charge on any atom is -0.496 e. The van der Waals surface area contributed by atoms with E-state index in [1.807, 2.05) is 26.0 Å². The van der Waals surface area contributed by atoms with E-state index in [9.17, 15) is 8.78 Å². The second-order valence-corrected chi connectivity index (χ2v) is 5.60. The molecule has 0 heterocycles. The third-order valence-corrected chi connectivity index (χ3v) is 4.22. The van der Waals surface area contributed by atoms with Gasteiger partial charge in [-0.3, -0.25) is 0 Å². The molecule has 0 saturated heterocycles. The summed E-state index contributed by atoms with van der Waals surface area (Å²) in [7, 11) is 1.61. The average molecular weight is 341 g/mol. The zero-order valence-corrected chi connectivity index (χ0v) is 13.1. The maximum absolute atomic E-state index is 13.8. The molecule has 0 aliphatic rings. The monoisotopic (exact) mass is 340 g/mol.